The second kappa shape index (κ2) is 7.83. The van der Waals surface area contributed by atoms with Gasteiger partial charge in [-0.2, -0.15) is 0 Å². The Morgan fingerprint density at radius 3 is 2.32 bits per heavy atom. The largest absolute Gasteiger partial charge is 0.478 e. The van der Waals surface area contributed by atoms with Gasteiger partial charge < -0.3 is 15.3 Å². The Morgan fingerprint density at radius 2 is 1.64 bits per heavy atom. The van der Waals surface area contributed by atoms with Crippen LogP contribution < -0.4 is 10.2 Å². The van der Waals surface area contributed by atoms with E-state index < -0.39 is 5.97 Å². The monoisotopic (exact) mass is 338 g/mol. The molecule has 25 heavy (non-hydrogen) atoms. The number of piperidine rings is 1. The zero-order chi connectivity index (χ0) is 17.6. The third-order valence-electron chi connectivity index (χ3n) is 4.44. The van der Waals surface area contributed by atoms with E-state index in [-0.39, 0.29) is 17.9 Å². The Hall–Kier alpha value is -2.82. The molecule has 5 nitrogen and oxygen atoms in total. The fraction of sp³-hybridized carbons (Fsp3) is 0.300. The number of carbonyl (C=O) groups is 2. The molecule has 1 heterocycles. The minimum Gasteiger partial charge on any atom is -0.478 e. The van der Waals surface area contributed by atoms with E-state index in [9.17, 15) is 9.59 Å². The number of benzene rings is 2. The second-order valence-electron chi connectivity index (χ2n) is 6.29. The van der Waals surface area contributed by atoms with Gasteiger partial charge in [-0.15, -0.1) is 0 Å². The Morgan fingerprint density at radius 1 is 0.960 bits per heavy atom. The SMILES string of the molecule is O=C(Cc1ccc(C(=O)O)cc1)Nc1ccccc1N1CCCCC1. The number of hydrogen-bond donors (Lipinski definition) is 2. The standard InChI is InChI=1S/C20H22N2O3/c23-19(14-15-8-10-16(11-9-15)20(24)25)21-17-6-2-3-7-18(17)22-12-4-1-5-13-22/h2-3,6-11H,1,4-5,12-14H2,(H,21,23)(H,24,25). The number of para-hydroxylation sites is 2. The molecule has 0 aromatic heterocycles. The number of nitrogens with zero attached hydrogens (tertiary/aromatic N) is 1. The summed E-state index contributed by atoms with van der Waals surface area (Å²) in [7, 11) is 0. The van der Waals surface area contributed by atoms with Crippen LogP contribution in [0.25, 0.3) is 0 Å². The number of carboxylic acid groups (broad SMARTS) is 1. The lowest BCUT2D eigenvalue weighted by atomic mass is 10.1. The van der Waals surface area contributed by atoms with E-state index in [0.29, 0.717) is 0 Å². The van der Waals surface area contributed by atoms with Crippen molar-refractivity contribution in [3.05, 3.63) is 59.7 Å². The summed E-state index contributed by atoms with van der Waals surface area (Å²) in [5, 5.41) is 11.9. The van der Waals surface area contributed by atoms with Gasteiger partial charge in [-0.3, -0.25) is 4.79 Å². The van der Waals surface area contributed by atoms with E-state index in [0.717, 1.165) is 30.0 Å². The zero-order valence-corrected chi connectivity index (χ0v) is 14.1. The molecule has 1 saturated heterocycles. The van der Waals surface area contributed by atoms with Gasteiger partial charge in [-0.25, -0.2) is 4.79 Å². The molecule has 1 aliphatic heterocycles. The molecule has 0 bridgehead atoms. The van der Waals surface area contributed by atoms with Crippen LogP contribution >= 0.6 is 0 Å². The Bertz CT molecular complexity index is 750. The molecule has 1 fully saturated rings. The Kier molecular flexibility index (Phi) is 5.33. The van der Waals surface area contributed by atoms with Gasteiger partial charge in [0.15, 0.2) is 0 Å². The van der Waals surface area contributed by atoms with Crippen LogP contribution in [0.5, 0.6) is 0 Å². The summed E-state index contributed by atoms with van der Waals surface area (Å²) >= 11 is 0. The van der Waals surface area contributed by atoms with E-state index >= 15 is 0 Å². The second-order valence-corrected chi connectivity index (χ2v) is 6.29. The topological polar surface area (TPSA) is 69.6 Å². The summed E-state index contributed by atoms with van der Waals surface area (Å²) in [6.45, 7) is 2.03. The summed E-state index contributed by atoms with van der Waals surface area (Å²) in [5.41, 5.74) is 2.91. The number of rotatable bonds is 5. The van der Waals surface area contributed by atoms with Crippen LogP contribution in [-0.2, 0) is 11.2 Å². The molecular weight excluding hydrogens is 316 g/mol. The molecule has 0 spiro atoms. The number of anilines is 2. The molecule has 1 aliphatic rings. The molecule has 3 rings (SSSR count). The first kappa shape index (κ1) is 17.0. The highest BCUT2D eigenvalue weighted by Gasteiger charge is 2.15. The number of nitrogens with one attached hydrogen (secondary N) is 1. The summed E-state index contributed by atoms with van der Waals surface area (Å²) in [5.74, 6) is -1.07. The number of amides is 1. The van der Waals surface area contributed by atoms with Crippen molar-refractivity contribution in [3.63, 3.8) is 0 Å². The van der Waals surface area contributed by atoms with Gasteiger partial charge in [0.05, 0.1) is 23.4 Å². The van der Waals surface area contributed by atoms with Gasteiger partial charge in [0, 0.05) is 13.1 Å². The summed E-state index contributed by atoms with van der Waals surface area (Å²) in [4.78, 5) is 25.6. The van der Waals surface area contributed by atoms with Crippen molar-refractivity contribution in [3.8, 4) is 0 Å². The lowest BCUT2D eigenvalue weighted by Crippen LogP contribution is -2.30. The minimum absolute atomic E-state index is 0.104. The summed E-state index contributed by atoms with van der Waals surface area (Å²) in [6, 6.07) is 14.3. The molecule has 1 amide bonds. The highest BCUT2D eigenvalue weighted by atomic mass is 16.4. The quantitative estimate of drug-likeness (QED) is 0.875. The molecule has 130 valence electrons. The van der Waals surface area contributed by atoms with Crippen LogP contribution in [-0.4, -0.2) is 30.1 Å². The summed E-state index contributed by atoms with van der Waals surface area (Å²) < 4.78 is 0. The maximum absolute atomic E-state index is 12.4. The smallest absolute Gasteiger partial charge is 0.335 e. The first-order chi connectivity index (χ1) is 12.1. The van der Waals surface area contributed by atoms with E-state index in [1.54, 1.807) is 12.1 Å². The molecule has 2 aromatic rings. The summed E-state index contributed by atoms with van der Waals surface area (Å²) in [6.07, 6.45) is 3.84. The third kappa shape index (κ3) is 4.38. The molecule has 0 unspecified atom stereocenters. The number of aromatic carboxylic acids is 1. The fourth-order valence-electron chi connectivity index (χ4n) is 3.13. The van der Waals surface area contributed by atoms with Crippen LogP contribution in [0.3, 0.4) is 0 Å². The highest BCUT2D eigenvalue weighted by molar-refractivity contribution is 5.95. The van der Waals surface area contributed by atoms with Crippen LogP contribution in [0.4, 0.5) is 11.4 Å². The highest BCUT2D eigenvalue weighted by Crippen LogP contribution is 2.28. The maximum atomic E-state index is 12.4. The van der Waals surface area contributed by atoms with E-state index in [1.807, 2.05) is 24.3 Å². The predicted octanol–water partition coefficient (Wildman–Crippen LogP) is 3.56. The molecule has 2 N–H and O–H groups in total. The van der Waals surface area contributed by atoms with Gasteiger partial charge in [-0.1, -0.05) is 24.3 Å². The molecule has 2 aromatic carbocycles. The molecule has 0 saturated carbocycles. The average molecular weight is 338 g/mol. The van der Waals surface area contributed by atoms with Crippen molar-refractivity contribution in [1.82, 2.24) is 0 Å². The van der Waals surface area contributed by atoms with Gasteiger partial charge in [0.1, 0.15) is 0 Å². The Labute approximate surface area is 147 Å². The lowest BCUT2D eigenvalue weighted by molar-refractivity contribution is -0.115. The number of carboxylic acids is 1. The van der Waals surface area contributed by atoms with Crippen molar-refractivity contribution in [1.29, 1.82) is 0 Å². The third-order valence-corrected chi connectivity index (χ3v) is 4.44. The molecule has 0 radical (unpaired) electrons. The van der Waals surface area contributed by atoms with Crippen molar-refractivity contribution in [2.24, 2.45) is 0 Å². The number of carbonyl (C=O) groups excluding carboxylic acids is 1. The Balaban J connectivity index is 1.67. The molecular formula is C20H22N2O3. The zero-order valence-electron chi connectivity index (χ0n) is 14.1. The minimum atomic E-state index is -0.966. The first-order valence-corrected chi connectivity index (χ1v) is 8.59. The first-order valence-electron chi connectivity index (χ1n) is 8.59. The van der Waals surface area contributed by atoms with Crippen LogP contribution in [0.2, 0.25) is 0 Å². The lowest BCUT2D eigenvalue weighted by Gasteiger charge is -2.30. The van der Waals surface area contributed by atoms with E-state index in [1.165, 1.54) is 31.4 Å². The predicted molar refractivity (Wildman–Crippen MR) is 98.2 cm³/mol. The molecule has 0 atom stereocenters. The van der Waals surface area contributed by atoms with Gasteiger partial charge in [-0.05, 0) is 49.1 Å². The van der Waals surface area contributed by atoms with Crippen LogP contribution in [0.15, 0.2) is 48.5 Å². The van der Waals surface area contributed by atoms with E-state index in [4.69, 9.17) is 5.11 Å². The normalized spacial score (nSPS) is 14.2. The molecule has 0 aliphatic carbocycles. The van der Waals surface area contributed by atoms with Crippen molar-refractivity contribution >= 4 is 23.3 Å². The fourth-order valence-corrected chi connectivity index (χ4v) is 3.13. The van der Waals surface area contributed by atoms with Gasteiger partial charge in [0.25, 0.3) is 0 Å². The number of hydrogen-bond acceptors (Lipinski definition) is 3. The van der Waals surface area contributed by atoms with Crippen LogP contribution in [0.1, 0.15) is 35.2 Å². The van der Waals surface area contributed by atoms with Gasteiger partial charge in [0.2, 0.25) is 5.91 Å². The van der Waals surface area contributed by atoms with Crippen molar-refractivity contribution in [2.75, 3.05) is 23.3 Å². The van der Waals surface area contributed by atoms with E-state index in [2.05, 4.69) is 10.2 Å². The van der Waals surface area contributed by atoms with Crippen molar-refractivity contribution in [2.45, 2.75) is 25.7 Å². The average Bonchev–Trinajstić information content (AvgIpc) is 2.63. The maximum Gasteiger partial charge on any atom is 0.335 e. The molecule has 5 heteroatoms. The van der Waals surface area contributed by atoms with Crippen molar-refractivity contribution < 1.29 is 14.7 Å². The van der Waals surface area contributed by atoms with Crippen LogP contribution in [0, 0.1) is 0 Å². The van der Waals surface area contributed by atoms with Gasteiger partial charge >= 0.3 is 5.97 Å².